The van der Waals surface area contributed by atoms with Crippen molar-refractivity contribution in [2.45, 2.75) is 0 Å². The Balaban J connectivity index is 2.35. The Labute approximate surface area is 105 Å². The second kappa shape index (κ2) is 4.73. The van der Waals surface area contributed by atoms with Gasteiger partial charge in [-0.3, -0.25) is 10.2 Å². The maximum absolute atomic E-state index is 11.2. The van der Waals surface area contributed by atoms with Crippen LogP contribution in [0.1, 0.15) is 10.5 Å². The predicted molar refractivity (Wildman–Crippen MR) is 66.9 cm³/mol. The molecular formula is C10H8BrN3OS. The number of hydrogen-bond acceptors (Lipinski definition) is 4. The first kappa shape index (κ1) is 11.3. The normalized spacial score (nSPS) is 10.1. The summed E-state index contributed by atoms with van der Waals surface area (Å²) in [6, 6.07) is 7.74. The second-order valence-electron chi connectivity index (χ2n) is 3.02. The lowest BCUT2D eigenvalue weighted by Gasteiger charge is -1.96. The van der Waals surface area contributed by atoms with Crippen molar-refractivity contribution in [1.82, 2.24) is 10.4 Å². The van der Waals surface area contributed by atoms with Crippen molar-refractivity contribution >= 4 is 33.2 Å². The molecule has 82 valence electrons. The SMILES string of the molecule is NNC(=O)c1csc(-c2cccc(Br)c2)n1. The predicted octanol–water partition coefficient (Wildman–Crippen LogP) is 2.18. The largest absolute Gasteiger partial charge is 0.289 e. The van der Waals surface area contributed by atoms with Crippen molar-refractivity contribution in [3.05, 3.63) is 39.8 Å². The fourth-order valence-electron chi connectivity index (χ4n) is 1.21. The number of aromatic nitrogens is 1. The van der Waals surface area contributed by atoms with Crippen LogP contribution in [-0.4, -0.2) is 10.9 Å². The number of hydrogen-bond donors (Lipinski definition) is 2. The number of benzene rings is 1. The van der Waals surface area contributed by atoms with Crippen LogP contribution in [0.25, 0.3) is 10.6 Å². The zero-order valence-corrected chi connectivity index (χ0v) is 10.5. The number of thiazole rings is 1. The first-order valence-corrected chi connectivity index (χ1v) is 6.10. The quantitative estimate of drug-likeness (QED) is 0.507. The Morgan fingerprint density at radius 2 is 2.31 bits per heavy atom. The molecule has 0 aliphatic heterocycles. The molecule has 0 aliphatic carbocycles. The van der Waals surface area contributed by atoms with Gasteiger partial charge in [-0.2, -0.15) is 0 Å². The summed E-state index contributed by atoms with van der Waals surface area (Å²) < 4.78 is 0.977. The Morgan fingerprint density at radius 1 is 1.50 bits per heavy atom. The van der Waals surface area contributed by atoms with Crippen molar-refractivity contribution in [2.75, 3.05) is 0 Å². The third kappa shape index (κ3) is 2.29. The number of rotatable bonds is 2. The second-order valence-corrected chi connectivity index (χ2v) is 4.80. The topological polar surface area (TPSA) is 68.0 Å². The maximum atomic E-state index is 11.2. The number of nitrogens with zero attached hydrogens (tertiary/aromatic N) is 1. The molecule has 1 heterocycles. The van der Waals surface area contributed by atoms with E-state index in [0.29, 0.717) is 5.69 Å². The van der Waals surface area contributed by atoms with Gasteiger partial charge in [0.1, 0.15) is 10.7 Å². The van der Waals surface area contributed by atoms with Crippen LogP contribution in [0.2, 0.25) is 0 Å². The van der Waals surface area contributed by atoms with Crippen LogP contribution in [0.5, 0.6) is 0 Å². The van der Waals surface area contributed by atoms with Gasteiger partial charge in [0.25, 0.3) is 5.91 Å². The molecule has 6 heteroatoms. The molecule has 16 heavy (non-hydrogen) atoms. The molecule has 0 spiro atoms. The molecule has 0 unspecified atom stereocenters. The van der Waals surface area contributed by atoms with E-state index in [1.54, 1.807) is 5.38 Å². The molecule has 1 aromatic carbocycles. The number of amides is 1. The van der Waals surface area contributed by atoms with Gasteiger partial charge in [-0.05, 0) is 12.1 Å². The number of nitrogen functional groups attached to an aromatic ring is 1. The number of carbonyl (C=O) groups excluding carboxylic acids is 1. The summed E-state index contributed by atoms with van der Waals surface area (Å²) in [5.41, 5.74) is 3.36. The first-order valence-electron chi connectivity index (χ1n) is 4.43. The van der Waals surface area contributed by atoms with Crippen molar-refractivity contribution < 1.29 is 4.79 Å². The van der Waals surface area contributed by atoms with Crippen molar-refractivity contribution in [1.29, 1.82) is 0 Å². The minimum atomic E-state index is -0.377. The average molecular weight is 298 g/mol. The van der Waals surface area contributed by atoms with Crippen LogP contribution in [0.15, 0.2) is 34.1 Å². The van der Waals surface area contributed by atoms with Crippen molar-refractivity contribution in [2.24, 2.45) is 5.84 Å². The highest BCUT2D eigenvalue weighted by molar-refractivity contribution is 9.10. The average Bonchev–Trinajstić information content (AvgIpc) is 2.77. The fraction of sp³-hybridized carbons (Fsp3) is 0. The van der Waals surface area contributed by atoms with Crippen LogP contribution in [0, 0.1) is 0 Å². The van der Waals surface area contributed by atoms with Crippen LogP contribution >= 0.6 is 27.3 Å². The highest BCUT2D eigenvalue weighted by Crippen LogP contribution is 2.25. The number of carbonyl (C=O) groups is 1. The molecular weight excluding hydrogens is 290 g/mol. The van der Waals surface area contributed by atoms with Crippen LogP contribution in [-0.2, 0) is 0 Å². The minimum absolute atomic E-state index is 0.336. The molecule has 2 aromatic rings. The Hall–Kier alpha value is -1.24. The molecule has 0 saturated heterocycles. The number of hydrazine groups is 1. The molecule has 0 bridgehead atoms. The molecule has 0 fully saturated rings. The highest BCUT2D eigenvalue weighted by atomic mass is 79.9. The lowest BCUT2D eigenvalue weighted by Crippen LogP contribution is -2.30. The number of halogens is 1. The molecule has 3 N–H and O–H groups in total. The van der Waals surface area contributed by atoms with Crippen molar-refractivity contribution in [3.8, 4) is 10.6 Å². The van der Waals surface area contributed by atoms with Gasteiger partial charge in [-0.15, -0.1) is 11.3 Å². The zero-order chi connectivity index (χ0) is 11.5. The third-order valence-electron chi connectivity index (χ3n) is 1.94. The molecule has 4 nitrogen and oxygen atoms in total. The van der Waals surface area contributed by atoms with Gasteiger partial charge in [0.15, 0.2) is 0 Å². The van der Waals surface area contributed by atoms with E-state index >= 15 is 0 Å². The van der Waals surface area contributed by atoms with E-state index < -0.39 is 0 Å². The number of nitrogens with one attached hydrogen (secondary N) is 1. The molecule has 0 atom stereocenters. The Bertz CT molecular complexity index is 526. The smallest absolute Gasteiger partial charge is 0.284 e. The van der Waals surface area contributed by atoms with Gasteiger partial charge in [-0.25, -0.2) is 10.8 Å². The van der Waals surface area contributed by atoms with Crippen LogP contribution in [0.3, 0.4) is 0 Å². The molecule has 1 aromatic heterocycles. The standard InChI is InChI=1S/C10H8BrN3OS/c11-7-3-1-2-6(4-7)10-13-8(5-16-10)9(15)14-12/h1-5H,12H2,(H,14,15). The summed E-state index contributed by atoms with van der Waals surface area (Å²) in [4.78, 5) is 15.4. The summed E-state index contributed by atoms with van der Waals surface area (Å²) in [5.74, 6) is 4.66. The zero-order valence-electron chi connectivity index (χ0n) is 8.11. The summed E-state index contributed by atoms with van der Waals surface area (Å²) >= 11 is 4.79. The molecule has 2 rings (SSSR count). The molecule has 1 amide bonds. The van der Waals surface area contributed by atoms with E-state index in [1.165, 1.54) is 11.3 Å². The summed E-state index contributed by atoms with van der Waals surface area (Å²) in [6.45, 7) is 0. The van der Waals surface area contributed by atoms with Crippen molar-refractivity contribution in [3.63, 3.8) is 0 Å². The lowest BCUT2D eigenvalue weighted by atomic mass is 10.2. The third-order valence-corrected chi connectivity index (χ3v) is 3.32. The maximum Gasteiger partial charge on any atom is 0.284 e. The molecule has 0 radical (unpaired) electrons. The number of nitrogens with two attached hydrogens (primary N) is 1. The Kier molecular flexibility index (Phi) is 3.33. The fourth-order valence-corrected chi connectivity index (χ4v) is 2.40. The van der Waals surface area contributed by atoms with Gasteiger partial charge in [-0.1, -0.05) is 28.1 Å². The van der Waals surface area contributed by atoms with Crippen LogP contribution in [0.4, 0.5) is 0 Å². The highest BCUT2D eigenvalue weighted by Gasteiger charge is 2.10. The van der Waals surface area contributed by atoms with Gasteiger partial charge in [0.05, 0.1) is 0 Å². The van der Waals surface area contributed by atoms with Gasteiger partial charge >= 0.3 is 0 Å². The summed E-state index contributed by atoms with van der Waals surface area (Å²) in [7, 11) is 0. The lowest BCUT2D eigenvalue weighted by molar-refractivity contribution is 0.0949. The molecule has 0 aliphatic rings. The van der Waals surface area contributed by atoms with E-state index in [1.807, 2.05) is 24.3 Å². The van der Waals surface area contributed by atoms with E-state index in [0.717, 1.165) is 15.0 Å². The van der Waals surface area contributed by atoms with E-state index in [9.17, 15) is 4.79 Å². The monoisotopic (exact) mass is 297 g/mol. The van der Waals surface area contributed by atoms with Gasteiger partial charge in [0.2, 0.25) is 0 Å². The Morgan fingerprint density at radius 3 is 3.00 bits per heavy atom. The van der Waals surface area contributed by atoms with Gasteiger partial charge in [0, 0.05) is 15.4 Å². The minimum Gasteiger partial charge on any atom is -0.289 e. The van der Waals surface area contributed by atoms with Gasteiger partial charge < -0.3 is 0 Å². The van der Waals surface area contributed by atoms with E-state index in [-0.39, 0.29) is 5.91 Å². The molecule has 0 saturated carbocycles. The van der Waals surface area contributed by atoms with E-state index in [2.05, 4.69) is 26.3 Å². The van der Waals surface area contributed by atoms with E-state index in [4.69, 9.17) is 5.84 Å². The summed E-state index contributed by atoms with van der Waals surface area (Å²) in [5, 5.41) is 2.47. The van der Waals surface area contributed by atoms with Crippen LogP contribution < -0.4 is 11.3 Å². The summed E-state index contributed by atoms with van der Waals surface area (Å²) in [6.07, 6.45) is 0. The first-order chi connectivity index (χ1) is 7.70.